The van der Waals surface area contributed by atoms with Gasteiger partial charge in [-0.15, -0.1) is 0 Å². The number of rotatable bonds is 7. The number of fused-ring (bicyclic) bond motifs is 5. The van der Waals surface area contributed by atoms with Gasteiger partial charge in [0.1, 0.15) is 41.7 Å². The number of Topliss-reactive ketones (excluding diaryl/α,β-unsaturated/α-hetero) is 1. The first kappa shape index (κ1) is 46.1. The summed E-state index contributed by atoms with van der Waals surface area (Å²) in [6.07, 6.45) is -11.7. The molecule has 2 heterocycles. The molecule has 2 saturated carbocycles. The molecule has 2 aliphatic heterocycles. The summed E-state index contributed by atoms with van der Waals surface area (Å²) in [5.74, 6) is -4.99. The van der Waals surface area contributed by atoms with Crippen molar-refractivity contribution in [2.75, 3.05) is 6.61 Å². The van der Waals surface area contributed by atoms with E-state index >= 15 is 9.59 Å². The lowest BCUT2D eigenvalue weighted by atomic mass is 9.44. The maximum Gasteiger partial charge on any atom is 0.413 e. The molecule has 1 amide bonds. The second-order valence-electron chi connectivity index (χ2n) is 19.7. The van der Waals surface area contributed by atoms with E-state index in [1.807, 2.05) is 0 Å². The lowest BCUT2D eigenvalue weighted by molar-refractivity contribution is -0.346. The first-order valence-electron chi connectivity index (χ1n) is 21.9. The van der Waals surface area contributed by atoms with Crippen LogP contribution in [0.15, 0.2) is 102 Å². The summed E-state index contributed by atoms with van der Waals surface area (Å²) in [6.45, 7) is 12.3. The number of hydrogen-bond donors (Lipinski definition) is 3. The average molecular weight is 896 g/mol. The predicted octanol–water partition coefficient (Wildman–Crippen LogP) is 5.71. The number of aliphatic hydroxyl groups excluding tert-OH is 2. The molecule has 2 saturated heterocycles. The Balaban J connectivity index is 1.27. The van der Waals surface area contributed by atoms with Gasteiger partial charge in [-0.05, 0) is 63.5 Å². The zero-order chi connectivity index (χ0) is 47.0. The molecule has 3 aromatic carbocycles. The number of carbonyl (C=O) groups excluding carboxylic acids is 5. The molecule has 5 aliphatic rings. The van der Waals surface area contributed by atoms with E-state index < -0.39 is 119 Å². The molecular formula is C50H57NO14. The van der Waals surface area contributed by atoms with Crippen LogP contribution in [-0.4, -0.2) is 110 Å². The van der Waals surface area contributed by atoms with Crippen molar-refractivity contribution in [3.63, 3.8) is 0 Å². The molecule has 15 heteroatoms. The number of hydrogen-bond acceptors (Lipinski definition) is 14. The van der Waals surface area contributed by atoms with E-state index in [9.17, 15) is 29.7 Å². The normalized spacial score (nSPS) is 35.0. The quantitative estimate of drug-likeness (QED) is 0.148. The summed E-state index contributed by atoms with van der Waals surface area (Å²) in [5, 5.41) is 38.1. The van der Waals surface area contributed by atoms with Crippen LogP contribution in [0.3, 0.4) is 0 Å². The minimum Gasteiger partial charge on any atom is -0.456 e. The van der Waals surface area contributed by atoms with Crippen LogP contribution in [0.1, 0.15) is 102 Å². The Morgan fingerprint density at radius 2 is 1.43 bits per heavy atom. The Hall–Kier alpha value is -5.45. The van der Waals surface area contributed by atoms with E-state index in [4.69, 9.17) is 28.4 Å². The van der Waals surface area contributed by atoms with Crippen molar-refractivity contribution in [3.05, 3.63) is 119 Å². The predicted molar refractivity (Wildman–Crippen MR) is 230 cm³/mol. The highest BCUT2D eigenvalue weighted by Gasteiger charge is 2.78. The fourth-order valence-electron chi connectivity index (χ4n) is 11.1. The van der Waals surface area contributed by atoms with Crippen molar-refractivity contribution in [3.8, 4) is 0 Å². The van der Waals surface area contributed by atoms with Crippen molar-refractivity contribution in [1.29, 1.82) is 0 Å². The third kappa shape index (κ3) is 7.45. The van der Waals surface area contributed by atoms with Crippen LogP contribution < -0.4 is 0 Å². The maximum absolute atomic E-state index is 15.2. The molecule has 4 fully saturated rings. The number of benzene rings is 3. The number of aliphatic hydroxyl groups is 3. The van der Waals surface area contributed by atoms with Crippen molar-refractivity contribution in [2.24, 2.45) is 16.7 Å². The van der Waals surface area contributed by atoms with Crippen molar-refractivity contribution < 1.29 is 67.7 Å². The van der Waals surface area contributed by atoms with Gasteiger partial charge in [-0.25, -0.2) is 14.4 Å². The summed E-state index contributed by atoms with van der Waals surface area (Å²) >= 11 is 0. The standard InChI is InChI=1S/C50H57NO14/c1-27-32(61-44(57)38-36(29-18-12-9-13-19-29)51(45(58)65-46(3,4)5)42(62-38)30-20-14-10-15-21-30)25-50(59)41(63-43(56)31-22-16-11-17-23-31)39-48(8,40(55)37(54)35(27)47(50,6)7)33(53)24-34-49(39,26-60-34)64-28(2)52/h9-23,32-34,36-39,41-42,53-54,59H,24-26H2,1-8H3/t32-,33-,34+,36-,37+,38+,39-,41-,42+,48+,49-,50+/m0/s1. The highest BCUT2D eigenvalue weighted by Crippen LogP contribution is 2.64. The molecular weight excluding hydrogens is 839 g/mol. The summed E-state index contributed by atoms with van der Waals surface area (Å²) in [6, 6.07) is 24.5. The summed E-state index contributed by atoms with van der Waals surface area (Å²) < 4.78 is 37.3. The third-order valence-corrected chi connectivity index (χ3v) is 14.4. The van der Waals surface area contributed by atoms with Crippen LogP contribution in [0.4, 0.5) is 4.79 Å². The number of ketones is 1. The Morgan fingerprint density at radius 1 is 0.846 bits per heavy atom. The molecule has 65 heavy (non-hydrogen) atoms. The molecule has 0 spiro atoms. The first-order chi connectivity index (χ1) is 30.6. The number of carbonyl (C=O) groups is 5. The molecule has 0 aromatic heterocycles. The van der Waals surface area contributed by atoms with Crippen molar-refractivity contribution >= 4 is 29.8 Å². The van der Waals surface area contributed by atoms with Gasteiger partial charge in [-0.3, -0.25) is 14.5 Å². The van der Waals surface area contributed by atoms with Crippen LogP contribution in [0.2, 0.25) is 0 Å². The van der Waals surface area contributed by atoms with Gasteiger partial charge < -0.3 is 43.7 Å². The molecule has 3 aliphatic carbocycles. The highest BCUT2D eigenvalue weighted by molar-refractivity contribution is 5.94. The van der Waals surface area contributed by atoms with E-state index in [0.29, 0.717) is 11.1 Å². The van der Waals surface area contributed by atoms with E-state index in [0.717, 1.165) is 0 Å². The first-order valence-corrected chi connectivity index (χ1v) is 21.9. The van der Waals surface area contributed by atoms with Gasteiger partial charge in [0.15, 0.2) is 23.7 Å². The molecule has 8 rings (SSSR count). The Labute approximate surface area is 377 Å². The van der Waals surface area contributed by atoms with Gasteiger partial charge >= 0.3 is 24.0 Å². The van der Waals surface area contributed by atoms with Crippen LogP contribution >= 0.6 is 0 Å². The zero-order valence-electron chi connectivity index (χ0n) is 37.8. The number of ether oxygens (including phenoxy) is 6. The molecule has 0 radical (unpaired) electrons. The largest absolute Gasteiger partial charge is 0.456 e. The van der Waals surface area contributed by atoms with Gasteiger partial charge in [0.05, 0.1) is 29.6 Å². The molecule has 15 nitrogen and oxygen atoms in total. The minimum atomic E-state index is -2.33. The summed E-state index contributed by atoms with van der Waals surface area (Å²) in [4.78, 5) is 73.2. The maximum atomic E-state index is 15.2. The second-order valence-corrected chi connectivity index (χ2v) is 19.7. The van der Waals surface area contributed by atoms with E-state index in [1.54, 1.807) is 120 Å². The lowest BCUT2D eigenvalue weighted by Crippen LogP contribution is -2.81. The minimum absolute atomic E-state index is 0.0142. The SMILES string of the molecule is CC(=O)O[C@@]12CO[C@@H]1C[C@H](O)[C@@]1(C)C(=O)[C@H](O)C3=C(C)[C@@H](OC(=O)[C@@H]4O[C@H](c5ccccc5)N(C(=O)OC(C)(C)C)[C@H]4c4ccccc4)C[C@@](O)([C@@H](OC(=O)c4ccccc4)[C@H]21)C3(C)C. The Morgan fingerprint density at radius 3 is 1.98 bits per heavy atom. The van der Waals surface area contributed by atoms with Gasteiger partial charge in [0, 0.05) is 30.7 Å². The molecule has 3 aromatic rings. The van der Waals surface area contributed by atoms with Gasteiger partial charge in [0.2, 0.25) is 0 Å². The second kappa shape index (κ2) is 16.5. The van der Waals surface area contributed by atoms with Crippen LogP contribution in [0, 0.1) is 16.7 Å². The van der Waals surface area contributed by atoms with Crippen LogP contribution in [0.5, 0.6) is 0 Å². The fraction of sp³-hybridized carbons (Fsp3) is 0.500. The molecule has 346 valence electrons. The Bertz CT molecular complexity index is 2380. The van der Waals surface area contributed by atoms with Gasteiger partial charge in [-0.1, -0.05) is 92.7 Å². The van der Waals surface area contributed by atoms with E-state index in [1.165, 1.54) is 30.9 Å². The monoisotopic (exact) mass is 895 g/mol. The van der Waals surface area contributed by atoms with Crippen LogP contribution in [0.25, 0.3) is 0 Å². The average Bonchev–Trinajstić information content (AvgIpc) is 3.67. The van der Waals surface area contributed by atoms with Crippen molar-refractivity contribution in [1.82, 2.24) is 4.90 Å². The Kier molecular flexibility index (Phi) is 11.7. The summed E-state index contributed by atoms with van der Waals surface area (Å²) in [7, 11) is 0. The number of nitrogens with zero attached hydrogens (tertiary/aromatic N) is 1. The molecule has 0 unspecified atom stereocenters. The summed E-state index contributed by atoms with van der Waals surface area (Å²) in [5.41, 5.74) is -7.22. The smallest absolute Gasteiger partial charge is 0.413 e. The number of esters is 3. The van der Waals surface area contributed by atoms with E-state index in [2.05, 4.69) is 0 Å². The topological polar surface area (TPSA) is 205 Å². The third-order valence-electron chi connectivity index (χ3n) is 14.4. The fourth-order valence-corrected chi connectivity index (χ4v) is 11.1. The van der Waals surface area contributed by atoms with Gasteiger partial charge in [-0.2, -0.15) is 0 Å². The van der Waals surface area contributed by atoms with Crippen LogP contribution in [-0.2, 0) is 42.8 Å². The number of amides is 1. The van der Waals surface area contributed by atoms with E-state index in [-0.39, 0.29) is 29.7 Å². The molecule has 12 atom stereocenters. The highest BCUT2D eigenvalue weighted by atomic mass is 16.6. The van der Waals surface area contributed by atoms with Gasteiger partial charge in [0.25, 0.3) is 0 Å². The van der Waals surface area contributed by atoms with Crippen molar-refractivity contribution in [2.45, 2.75) is 134 Å². The molecule has 3 N–H and O–H groups in total. The molecule has 2 bridgehead atoms. The lowest BCUT2D eigenvalue weighted by Gasteiger charge is -2.67. The zero-order valence-corrected chi connectivity index (χ0v) is 37.8.